The Morgan fingerprint density at radius 3 is 2.94 bits per heavy atom. The SMILES string of the molecule is CC(C)(CCC#N)CNCCCn1ccnn1. The molecule has 0 aliphatic heterocycles. The molecule has 0 aliphatic carbocycles. The van der Waals surface area contributed by atoms with Crippen LogP contribution in [-0.2, 0) is 6.54 Å². The predicted molar refractivity (Wildman–Crippen MR) is 66.1 cm³/mol. The highest BCUT2D eigenvalue weighted by Crippen LogP contribution is 2.20. The Hall–Kier alpha value is -1.41. The maximum Gasteiger partial charge on any atom is 0.0692 e. The second-order valence-corrected chi connectivity index (χ2v) is 5.02. The number of aromatic nitrogens is 3. The third-order valence-corrected chi connectivity index (χ3v) is 2.73. The van der Waals surface area contributed by atoms with Crippen LogP contribution in [0.25, 0.3) is 0 Å². The second kappa shape index (κ2) is 7.02. The van der Waals surface area contributed by atoms with Gasteiger partial charge in [0.15, 0.2) is 0 Å². The minimum atomic E-state index is 0.197. The van der Waals surface area contributed by atoms with Gasteiger partial charge in [0.2, 0.25) is 0 Å². The Bertz CT molecular complexity index is 336. The van der Waals surface area contributed by atoms with Crippen molar-refractivity contribution in [1.29, 1.82) is 5.26 Å². The number of hydrogen-bond acceptors (Lipinski definition) is 4. The maximum absolute atomic E-state index is 8.56. The van der Waals surface area contributed by atoms with Crippen LogP contribution in [0.4, 0.5) is 0 Å². The van der Waals surface area contributed by atoms with Crippen LogP contribution in [0.15, 0.2) is 12.4 Å². The third-order valence-electron chi connectivity index (χ3n) is 2.73. The molecular formula is C12H21N5. The first kappa shape index (κ1) is 13.7. The van der Waals surface area contributed by atoms with Crippen molar-refractivity contribution in [2.24, 2.45) is 5.41 Å². The molecule has 1 heterocycles. The summed E-state index contributed by atoms with van der Waals surface area (Å²) < 4.78 is 1.84. The van der Waals surface area contributed by atoms with E-state index < -0.39 is 0 Å². The van der Waals surface area contributed by atoms with Crippen LogP contribution in [0.3, 0.4) is 0 Å². The van der Waals surface area contributed by atoms with Crippen molar-refractivity contribution in [2.45, 2.75) is 39.7 Å². The fourth-order valence-electron chi connectivity index (χ4n) is 1.63. The number of rotatable bonds is 8. The molecule has 17 heavy (non-hydrogen) atoms. The largest absolute Gasteiger partial charge is 0.316 e. The average molecular weight is 235 g/mol. The standard InChI is InChI=1S/C12H21N5/c1-12(2,5-3-6-13)11-14-7-4-9-17-10-8-15-16-17/h8,10,14H,3-5,7,9,11H2,1-2H3. The van der Waals surface area contributed by atoms with Crippen molar-refractivity contribution in [3.63, 3.8) is 0 Å². The highest BCUT2D eigenvalue weighted by Gasteiger charge is 2.16. The molecule has 94 valence electrons. The smallest absolute Gasteiger partial charge is 0.0692 e. The highest BCUT2D eigenvalue weighted by atomic mass is 15.4. The van der Waals surface area contributed by atoms with Gasteiger partial charge in [-0.15, -0.1) is 5.10 Å². The molecule has 1 rings (SSSR count). The fourth-order valence-corrected chi connectivity index (χ4v) is 1.63. The van der Waals surface area contributed by atoms with E-state index in [1.54, 1.807) is 6.20 Å². The van der Waals surface area contributed by atoms with Gasteiger partial charge in [-0.1, -0.05) is 19.1 Å². The van der Waals surface area contributed by atoms with Crippen molar-refractivity contribution in [3.05, 3.63) is 12.4 Å². The molecule has 0 radical (unpaired) electrons. The molecule has 1 N–H and O–H groups in total. The molecule has 0 bridgehead atoms. The highest BCUT2D eigenvalue weighted by molar-refractivity contribution is 4.78. The lowest BCUT2D eigenvalue weighted by atomic mass is 9.88. The van der Waals surface area contributed by atoms with Crippen molar-refractivity contribution in [3.8, 4) is 6.07 Å². The predicted octanol–water partition coefficient (Wildman–Crippen LogP) is 1.59. The van der Waals surface area contributed by atoms with E-state index in [4.69, 9.17) is 5.26 Å². The molecule has 0 saturated heterocycles. The van der Waals surface area contributed by atoms with Crippen LogP contribution in [0.5, 0.6) is 0 Å². The van der Waals surface area contributed by atoms with Gasteiger partial charge in [-0.2, -0.15) is 5.26 Å². The number of nitriles is 1. The fraction of sp³-hybridized carbons (Fsp3) is 0.750. The van der Waals surface area contributed by atoms with Crippen molar-refractivity contribution in [1.82, 2.24) is 20.3 Å². The molecule has 0 aromatic carbocycles. The Balaban J connectivity index is 2.05. The summed E-state index contributed by atoms with van der Waals surface area (Å²) in [5, 5.41) is 19.6. The van der Waals surface area contributed by atoms with E-state index in [2.05, 4.69) is 35.5 Å². The zero-order valence-corrected chi connectivity index (χ0v) is 10.7. The average Bonchev–Trinajstić information content (AvgIpc) is 2.79. The Morgan fingerprint density at radius 2 is 2.29 bits per heavy atom. The summed E-state index contributed by atoms with van der Waals surface area (Å²) in [5.41, 5.74) is 0.197. The lowest BCUT2D eigenvalue weighted by Gasteiger charge is -2.23. The molecule has 1 aromatic heterocycles. The van der Waals surface area contributed by atoms with Gasteiger partial charge in [0.1, 0.15) is 0 Å². The molecule has 1 aromatic rings. The lowest BCUT2D eigenvalue weighted by molar-refractivity contribution is 0.316. The van der Waals surface area contributed by atoms with Gasteiger partial charge in [0.25, 0.3) is 0 Å². The Kier molecular flexibility index (Phi) is 5.64. The Morgan fingerprint density at radius 1 is 1.47 bits per heavy atom. The van der Waals surface area contributed by atoms with E-state index in [-0.39, 0.29) is 5.41 Å². The van der Waals surface area contributed by atoms with Crippen molar-refractivity contribution in [2.75, 3.05) is 13.1 Å². The van der Waals surface area contributed by atoms with Crippen LogP contribution in [0, 0.1) is 16.7 Å². The first-order chi connectivity index (χ1) is 8.14. The summed E-state index contributed by atoms with van der Waals surface area (Å²) in [5.74, 6) is 0. The monoisotopic (exact) mass is 235 g/mol. The normalized spacial score (nSPS) is 11.4. The van der Waals surface area contributed by atoms with Gasteiger partial charge in [-0.05, 0) is 24.8 Å². The summed E-state index contributed by atoms with van der Waals surface area (Å²) in [6.45, 7) is 7.19. The number of nitrogens with one attached hydrogen (secondary N) is 1. The van der Waals surface area contributed by atoms with E-state index in [1.165, 1.54) is 0 Å². The maximum atomic E-state index is 8.56. The molecule has 0 saturated carbocycles. The summed E-state index contributed by atoms with van der Waals surface area (Å²) in [7, 11) is 0. The first-order valence-corrected chi connectivity index (χ1v) is 6.06. The third kappa shape index (κ3) is 6.03. The summed E-state index contributed by atoms with van der Waals surface area (Å²) in [6.07, 6.45) is 6.18. The molecule has 0 amide bonds. The van der Waals surface area contributed by atoms with Crippen LogP contribution in [0.1, 0.15) is 33.1 Å². The van der Waals surface area contributed by atoms with Crippen LogP contribution in [0.2, 0.25) is 0 Å². The van der Waals surface area contributed by atoms with E-state index in [0.717, 1.165) is 32.5 Å². The molecule has 0 aliphatic rings. The molecule has 5 heteroatoms. The summed E-state index contributed by atoms with van der Waals surface area (Å²) >= 11 is 0. The molecule has 0 fully saturated rings. The topological polar surface area (TPSA) is 66.5 Å². The molecular weight excluding hydrogens is 214 g/mol. The van der Waals surface area contributed by atoms with Crippen LogP contribution < -0.4 is 5.32 Å². The van der Waals surface area contributed by atoms with Crippen LogP contribution in [-0.4, -0.2) is 28.1 Å². The van der Waals surface area contributed by atoms with Gasteiger partial charge in [-0.25, -0.2) is 0 Å². The zero-order valence-electron chi connectivity index (χ0n) is 10.7. The van der Waals surface area contributed by atoms with Gasteiger partial charge >= 0.3 is 0 Å². The van der Waals surface area contributed by atoms with Gasteiger partial charge in [0, 0.05) is 25.7 Å². The van der Waals surface area contributed by atoms with E-state index in [9.17, 15) is 0 Å². The van der Waals surface area contributed by atoms with Gasteiger partial charge < -0.3 is 5.32 Å². The second-order valence-electron chi connectivity index (χ2n) is 5.02. The number of nitrogens with zero attached hydrogens (tertiary/aromatic N) is 4. The van der Waals surface area contributed by atoms with E-state index >= 15 is 0 Å². The zero-order chi connectivity index (χ0) is 12.6. The van der Waals surface area contributed by atoms with Crippen LogP contribution >= 0.6 is 0 Å². The summed E-state index contributed by atoms with van der Waals surface area (Å²) in [4.78, 5) is 0. The molecule has 5 nitrogen and oxygen atoms in total. The van der Waals surface area contributed by atoms with Gasteiger partial charge in [-0.3, -0.25) is 4.68 Å². The summed E-state index contributed by atoms with van der Waals surface area (Å²) in [6, 6.07) is 2.20. The number of aryl methyl sites for hydroxylation is 1. The van der Waals surface area contributed by atoms with E-state index in [1.807, 2.05) is 10.9 Å². The number of hydrogen-bond donors (Lipinski definition) is 1. The minimum absolute atomic E-state index is 0.197. The Labute approximate surface area is 103 Å². The van der Waals surface area contributed by atoms with Crippen molar-refractivity contribution < 1.29 is 0 Å². The minimum Gasteiger partial charge on any atom is -0.316 e. The van der Waals surface area contributed by atoms with E-state index in [0.29, 0.717) is 6.42 Å². The molecule has 0 atom stereocenters. The first-order valence-electron chi connectivity index (χ1n) is 6.06. The van der Waals surface area contributed by atoms with Gasteiger partial charge in [0.05, 0.1) is 12.3 Å². The molecule has 0 unspecified atom stereocenters. The molecule has 0 spiro atoms. The quantitative estimate of drug-likeness (QED) is 0.695. The van der Waals surface area contributed by atoms with Crippen molar-refractivity contribution >= 4 is 0 Å². The lowest BCUT2D eigenvalue weighted by Crippen LogP contribution is -2.30.